The van der Waals surface area contributed by atoms with Gasteiger partial charge in [0.05, 0.1) is 18.5 Å². The van der Waals surface area contributed by atoms with Gasteiger partial charge in [-0.3, -0.25) is 0 Å². The maximum Gasteiger partial charge on any atom is 0.161 e. The first-order valence-electron chi connectivity index (χ1n) is 17.4. The van der Waals surface area contributed by atoms with Crippen molar-refractivity contribution in [3.05, 3.63) is 57.2 Å². The van der Waals surface area contributed by atoms with Gasteiger partial charge in [0.1, 0.15) is 0 Å². The van der Waals surface area contributed by atoms with Gasteiger partial charge in [-0.15, -0.1) is 0 Å². The first kappa shape index (κ1) is 38.4. The summed E-state index contributed by atoms with van der Waals surface area (Å²) in [6.45, 7) is 6.00. The molecule has 0 N–H and O–H groups in total. The molecule has 0 saturated carbocycles. The molecule has 43 heavy (non-hydrogen) atoms. The SMILES string of the molecule is CCCCCCCCCCCCOc1ccc(C(=S)C(S)c2ccc(I)cc2)cc1OCCCCCCCCCCCC. The fraction of sp³-hybridized carbons (Fsp3) is 0.658. The van der Waals surface area contributed by atoms with Crippen LogP contribution in [0.5, 0.6) is 11.5 Å². The lowest BCUT2D eigenvalue weighted by Crippen LogP contribution is -2.08. The van der Waals surface area contributed by atoms with Crippen LogP contribution in [0.15, 0.2) is 42.5 Å². The number of hydrogen-bond acceptors (Lipinski definition) is 4. The Morgan fingerprint density at radius 1 is 0.605 bits per heavy atom. The van der Waals surface area contributed by atoms with Crippen molar-refractivity contribution in [3.8, 4) is 11.5 Å². The Morgan fingerprint density at radius 2 is 1.02 bits per heavy atom. The number of rotatable bonds is 27. The van der Waals surface area contributed by atoms with Crippen LogP contribution in [0.1, 0.15) is 159 Å². The van der Waals surface area contributed by atoms with E-state index in [0.29, 0.717) is 6.61 Å². The highest BCUT2D eigenvalue weighted by atomic mass is 127. The van der Waals surface area contributed by atoms with Gasteiger partial charge in [0.15, 0.2) is 11.5 Å². The average molecular weight is 739 g/mol. The van der Waals surface area contributed by atoms with Gasteiger partial charge in [-0.25, -0.2) is 0 Å². The van der Waals surface area contributed by atoms with Crippen molar-refractivity contribution in [1.82, 2.24) is 0 Å². The third-order valence-corrected chi connectivity index (χ3v) is 10.1. The summed E-state index contributed by atoms with van der Waals surface area (Å²) in [4.78, 5) is 0.814. The van der Waals surface area contributed by atoms with Crippen LogP contribution in [0.4, 0.5) is 0 Å². The predicted octanol–water partition coefficient (Wildman–Crippen LogP) is 13.3. The van der Waals surface area contributed by atoms with E-state index in [0.717, 1.165) is 46.9 Å². The van der Waals surface area contributed by atoms with Gasteiger partial charge in [-0.2, -0.15) is 12.6 Å². The molecule has 5 heteroatoms. The second-order valence-electron chi connectivity index (χ2n) is 12.0. The summed E-state index contributed by atoms with van der Waals surface area (Å²) in [5, 5.41) is -0.139. The quantitative estimate of drug-likeness (QED) is 0.0324. The number of halogens is 1. The minimum atomic E-state index is -0.139. The van der Waals surface area contributed by atoms with E-state index in [1.165, 1.54) is 119 Å². The molecule has 2 nitrogen and oxygen atoms in total. The fourth-order valence-electron chi connectivity index (χ4n) is 5.39. The molecule has 0 aliphatic heterocycles. The summed E-state index contributed by atoms with van der Waals surface area (Å²) >= 11 is 13.1. The Kier molecular flexibility index (Phi) is 22.7. The van der Waals surface area contributed by atoms with Crippen LogP contribution in [0, 0.1) is 3.57 Å². The number of thiocarbonyl (C=S) groups is 1. The zero-order chi connectivity index (χ0) is 31.0. The topological polar surface area (TPSA) is 18.5 Å². The van der Waals surface area contributed by atoms with Gasteiger partial charge in [0, 0.05) is 8.43 Å². The molecule has 0 aliphatic rings. The van der Waals surface area contributed by atoms with Crippen LogP contribution < -0.4 is 9.47 Å². The summed E-state index contributed by atoms with van der Waals surface area (Å²) in [5.41, 5.74) is 2.10. The van der Waals surface area contributed by atoms with Crippen LogP contribution in [-0.2, 0) is 0 Å². The molecule has 2 rings (SSSR count). The van der Waals surface area contributed by atoms with Crippen molar-refractivity contribution in [2.75, 3.05) is 13.2 Å². The molecule has 2 aromatic rings. The Bertz CT molecular complexity index is 978. The molecule has 0 aliphatic carbocycles. The second kappa shape index (κ2) is 25.4. The summed E-state index contributed by atoms with van der Waals surface area (Å²) in [6.07, 6.45) is 26.4. The molecule has 2 aromatic carbocycles. The molecule has 242 valence electrons. The highest BCUT2D eigenvalue weighted by molar-refractivity contribution is 14.1. The number of benzene rings is 2. The summed E-state index contributed by atoms with van der Waals surface area (Å²) in [5.74, 6) is 1.64. The third kappa shape index (κ3) is 17.5. The minimum Gasteiger partial charge on any atom is -0.490 e. The van der Waals surface area contributed by atoms with E-state index in [2.05, 4.69) is 72.8 Å². The Hall–Kier alpha value is -0.790. The lowest BCUT2D eigenvalue weighted by molar-refractivity contribution is 0.258. The lowest BCUT2D eigenvalue weighted by atomic mass is 10.0. The van der Waals surface area contributed by atoms with Gasteiger partial charge in [0.25, 0.3) is 0 Å². The van der Waals surface area contributed by atoms with Crippen molar-refractivity contribution < 1.29 is 9.47 Å². The fourth-order valence-corrected chi connectivity index (χ4v) is 6.33. The Morgan fingerprint density at radius 3 is 1.49 bits per heavy atom. The Labute approximate surface area is 289 Å². The van der Waals surface area contributed by atoms with Crippen molar-refractivity contribution >= 4 is 52.3 Å². The van der Waals surface area contributed by atoms with Gasteiger partial charge in [0.2, 0.25) is 0 Å². The highest BCUT2D eigenvalue weighted by Crippen LogP contribution is 2.33. The Balaban J connectivity index is 1.83. The lowest BCUT2D eigenvalue weighted by Gasteiger charge is -2.17. The largest absolute Gasteiger partial charge is 0.490 e. The molecule has 0 bridgehead atoms. The normalized spacial score (nSPS) is 11.9. The predicted molar refractivity (Wildman–Crippen MR) is 204 cm³/mol. The first-order valence-corrected chi connectivity index (χ1v) is 19.4. The molecule has 0 heterocycles. The van der Waals surface area contributed by atoms with Crippen LogP contribution in [0.25, 0.3) is 0 Å². The maximum absolute atomic E-state index is 6.34. The monoisotopic (exact) mass is 738 g/mol. The number of hydrogen-bond donors (Lipinski definition) is 1. The molecule has 0 saturated heterocycles. The molecule has 0 radical (unpaired) electrons. The summed E-state index contributed by atoms with van der Waals surface area (Å²) in [6, 6.07) is 14.6. The second-order valence-corrected chi connectivity index (χ2v) is 14.2. The van der Waals surface area contributed by atoms with E-state index in [1.807, 2.05) is 6.07 Å². The summed E-state index contributed by atoms with van der Waals surface area (Å²) in [7, 11) is 0. The highest BCUT2D eigenvalue weighted by Gasteiger charge is 2.17. The van der Waals surface area contributed by atoms with Gasteiger partial charge < -0.3 is 9.47 Å². The van der Waals surface area contributed by atoms with Gasteiger partial charge in [-0.1, -0.05) is 154 Å². The molecule has 0 spiro atoms. The average Bonchev–Trinajstić information content (AvgIpc) is 3.02. The molecule has 0 amide bonds. The number of thiol groups is 1. The molecular weight excluding hydrogens is 679 g/mol. The molecule has 0 fully saturated rings. The van der Waals surface area contributed by atoms with E-state index < -0.39 is 0 Å². The van der Waals surface area contributed by atoms with Crippen LogP contribution in [0.3, 0.4) is 0 Å². The van der Waals surface area contributed by atoms with Crippen molar-refractivity contribution in [2.24, 2.45) is 0 Å². The number of ether oxygens (including phenoxy) is 2. The van der Waals surface area contributed by atoms with E-state index in [4.69, 9.17) is 34.3 Å². The van der Waals surface area contributed by atoms with E-state index >= 15 is 0 Å². The number of unbranched alkanes of at least 4 members (excludes halogenated alkanes) is 18. The van der Waals surface area contributed by atoms with Crippen LogP contribution in [-0.4, -0.2) is 18.1 Å². The van der Waals surface area contributed by atoms with E-state index in [-0.39, 0.29) is 5.25 Å². The van der Waals surface area contributed by atoms with Gasteiger partial charge in [-0.05, 0) is 76.9 Å². The van der Waals surface area contributed by atoms with Crippen LogP contribution in [0.2, 0.25) is 0 Å². The van der Waals surface area contributed by atoms with Crippen LogP contribution >= 0.6 is 47.4 Å². The minimum absolute atomic E-state index is 0.139. The maximum atomic E-state index is 6.34. The zero-order valence-electron chi connectivity index (χ0n) is 27.2. The van der Waals surface area contributed by atoms with Gasteiger partial charge >= 0.3 is 0 Å². The zero-order valence-corrected chi connectivity index (χ0v) is 31.1. The molecule has 1 unspecified atom stereocenters. The standard InChI is InChI=1S/C38H59IO2S2/c1-3-5-7-9-11-13-15-17-19-21-29-40-35-28-25-33(38(43)37(42)32-23-26-34(39)27-24-32)31-36(35)41-30-22-20-18-16-14-12-10-8-6-4-2/h23-28,31,37,42H,3-22,29-30H2,1-2H3. The van der Waals surface area contributed by atoms with E-state index in [9.17, 15) is 0 Å². The summed E-state index contributed by atoms with van der Waals surface area (Å²) < 4.78 is 13.8. The third-order valence-electron chi connectivity index (χ3n) is 8.17. The molecule has 1 atom stereocenters. The van der Waals surface area contributed by atoms with Crippen molar-refractivity contribution in [2.45, 2.75) is 148 Å². The van der Waals surface area contributed by atoms with Crippen molar-refractivity contribution in [3.63, 3.8) is 0 Å². The van der Waals surface area contributed by atoms with Crippen molar-refractivity contribution in [1.29, 1.82) is 0 Å². The first-order chi connectivity index (χ1) is 21.1. The smallest absolute Gasteiger partial charge is 0.161 e. The van der Waals surface area contributed by atoms with E-state index in [1.54, 1.807) is 0 Å². The molecule has 0 aromatic heterocycles. The molecular formula is C38H59IO2S2.